The van der Waals surface area contributed by atoms with E-state index in [9.17, 15) is 0 Å². The van der Waals surface area contributed by atoms with Crippen LogP contribution in [0.1, 0.15) is 0 Å². The zero-order valence-corrected chi connectivity index (χ0v) is 10.9. The lowest BCUT2D eigenvalue weighted by molar-refractivity contribution is 1.47. The standard InChI is InChI=1S/C12H10BClS2/c14-13(15-11-7-3-1-4-8-11)16-12-9-5-2-6-10-12/h1-10H. The molecule has 0 amide bonds. The van der Waals surface area contributed by atoms with Gasteiger partial charge in [0.15, 0.2) is 0 Å². The van der Waals surface area contributed by atoms with E-state index in [-0.39, 0.29) is 4.69 Å². The molecule has 0 aromatic heterocycles. The van der Waals surface area contributed by atoms with Crippen LogP contribution < -0.4 is 0 Å². The van der Waals surface area contributed by atoms with E-state index in [2.05, 4.69) is 24.3 Å². The first kappa shape index (κ1) is 12.0. The molecule has 80 valence electrons. The second-order valence-electron chi connectivity index (χ2n) is 3.14. The molecule has 16 heavy (non-hydrogen) atoms. The van der Waals surface area contributed by atoms with Gasteiger partial charge in [0.25, 0.3) is 0 Å². The molecular weight excluding hydrogens is 255 g/mol. The summed E-state index contributed by atoms with van der Waals surface area (Å²) in [6, 6.07) is 20.4. The predicted molar refractivity (Wildman–Crippen MR) is 76.2 cm³/mol. The van der Waals surface area contributed by atoms with Crippen LogP contribution in [0.15, 0.2) is 70.5 Å². The fourth-order valence-corrected chi connectivity index (χ4v) is 3.77. The molecule has 2 aromatic rings. The van der Waals surface area contributed by atoms with E-state index in [1.807, 2.05) is 36.4 Å². The van der Waals surface area contributed by atoms with Crippen LogP contribution in [0.25, 0.3) is 0 Å². The molecule has 0 heterocycles. The van der Waals surface area contributed by atoms with E-state index in [1.54, 1.807) is 23.2 Å². The third kappa shape index (κ3) is 3.82. The minimum Gasteiger partial charge on any atom is -0.162 e. The van der Waals surface area contributed by atoms with Crippen molar-refractivity contribution in [3.05, 3.63) is 60.7 Å². The Morgan fingerprint density at radius 3 is 1.44 bits per heavy atom. The van der Waals surface area contributed by atoms with Gasteiger partial charge in [0, 0.05) is 0 Å². The topological polar surface area (TPSA) is 0 Å². The van der Waals surface area contributed by atoms with Gasteiger partial charge in [-0.25, -0.2) is 0 Å². The molecule has 2 rings (SSSR count). The van der Waals surface area contributed by atoms with Crippen LogP contribution in [0.2, 0.25) is 0 Å². The number of rotatable bonds is 4. The maximum atomic E-state index is 6.28. The molecule has 2 aromatic carbocycles. The second kappa shape index (κ2) is 6.28. The number of hydrogen-bond donors (Lipinski definition) is 0. The quantitative estimate of drug-likeness (QED) is 0.728. The Morgan fingerprint density at radius 1 is 0.688 bits per heavy atom. The van der Waals surface area contributed by atoms with Crippen LogP contribution in [0.3, 0.4) is 0 Å². The zero-order valence-electron chi connectivity index (χ0n) is 8.55. The SMILES string of the molecule is ClB(Sc1ccccc1)Sc1ccccc1. The molecule has 0 nitrogen and oxygen atoms in total. The van der Waals surface area contributed by atoms with Gasteiger partial charge < -0.3 is 0 Å². The van der Waals surface area contributed by atoms with Gasteiger partial charge in [-0.1, -0.05) is 36.4 Å². The van der Waals surface area contributed by atoms with Crippen LogP contribution in [-0.4, -0.2) is 4.69 Å². The highest BCUT2D eigenvalue weighted by Crippen LogP contribution is 2.34. The summed E-state index contributed by atoms with van der Waals surface area (Å²) in [5.41, 5.74) is 0. The highest BCUT2D eigenvalue weighted by atomic mass is 35.5. The van der Waals surface area contributed by atoms with E-state index < -0.39 is 0 Å². The van der Waals surface area contributed by atoms with Gasteiger partial charge in [0.1, 0.15) is 0 Å². The van der Waals surface area contributed by atoms with E-state index in [4.69, 9.17) is 11.5 Å². The van der Waals surface area contributed by atoms with Crippen molar-refractivity contribution in [2.45, 2.75) is 9.79 Å². The Hall–Kier alpha value is -0.505. The van der Waals surface area contributed by atoms with Crippen LogP contribution in [0.4, 0.5) is 0 Å². The summed E-state index contributed by atoms with van der Waals surface area (Å²) < 4.78 is 0.00444. The Balaban J connectivity index is 1.92. The van der Waals surface area contributed by atoms with Gasteiger partial charge >= 0.3 is 4.69 Å². The third-order valence-corrected chi connectivity index (χ3v) is 4.52. The number of benzene rings is 2. The maximum Gasteiger partial charge on any atom is 0.388 e. The molecule has 0 spiro atoms. The first-order chi connectivity index (χ1) is 7.84. The van der Waals surface area contributed by atoms with Crippen molar-refractivity contribution in [1.82, 2.24) is 0 Å². The van der Waals surface area contributed by atoms with Crippen LogP contribution in [0, 0.1) is 0 Å². The first-order valence-corrected chi connectivity index (χ1v) is 7.11. The minimum atomic E-state index is 0.00444. The molecule has 0 aliphatic rings. The number of halogens is 1. The summed E-state index contributed by atoms with van der Waals surface area (Å²) in [7, 11) is 0. The lowest BCUT2D eigenvalue weighted by atomic mass is 10.4. The van der Waals surface area contributed by atoms with Gasteiger partial charge in [-0.15, -0.1) is 23.2 Å². The summed E-state index contributed by atoms with van der Waals surface area (Å²) in [5.74, 6) is 0. The summed E-state index contributed by atoms with van der Waals surface area (Å²) in [6.07, 6.45) is 0. The van der Waals surface area contributed by atoms with Crippen molar-refractivity contribution in [2.24, 2.45) is 0 Å². The van der Waals surface area contributed by atoms with Crippen molar-refractivity contribution >= 4 is 39.4 Å². The van der Waals surface area contributed by atoms with Crippen molar-refractivity contribution in [3.8, 4) is 0 Å². The maximum absolute atomic E-state index is 6.28. The smallest absolute Gasteiger partial charge is 0.162 e. The molecule has 0 radical (unpaired) electrons. The third-order valence-electron chi connectivity index (χ3n) is 1.94. The molecule has 0 aliphatic carbocycles. The molecule has 0 bridgehead atoms. The molecular formula is C12H10BClS2. The molecule has 0 fully saturated rings. The Bertz CT molecular complexity index is 380. The van der Waals surface area contributed by atoms with Crippen LogP contribution in [-0.2, 0) is 0 Å². The Kier molecular flexibility index (Phi) is 4.70. The highest BCUT2D eigenvalue weighted by molar-refractivity contribution is 8.58. The summed E-state index contributed by atoms with van der Waals surface area (Å²) in [6.45, 7) is 0. The van der Waals surface area contributed by atoms with Gasteiger partial charge in [-0.05, 0) is 34.1 Å². The first-order valence-electron chi connectivity index (χ1n) is 4.92. The monoisotopic (exact) mass is 264 g/mol. The average molecular weight is 265 g/mol. The fraction of sp³-hybridized carbons (Fsp3) is 0. The molecule has 0 saturated carbocycles. The molecule has 0 N–H and O–H groups in total. The lowest BCUT2D eigenvalue weighted by Gasteiger charge is -2.05. The minimum absolute atomic E-state index is 0.00444. The molecule has 0 atom stereocenters. The Morgan fingerprint density at radius 2 is 1.06 bits per heavy atom. The van der Waals surface area contributed by atoms with Crippen molar-refractivity contribution in [3.63, 3.8) is 0 Å². The molecule has 4 heteroatoms. The van der Waals surface area contributed by atoms with Crippen molar-refractivity contribution in [1.29, 1.82) is 0 Å². The van der Waals surface area contributed by atoms with E-state index in [1.165, 1.54) is 9.79 Å². The largest absolute Gasteiger partial charge is 0.388 e. The molecule has 0 aliphatic heterocycles. The van der Waals surface area contributed by atoms with Crippen LogP contribution in [0.5, 0.6) is 0 Å². The van der Waals surface area contributed by atoms with Gasteiger partial charge in [-0.3, -0.25) is 0 Å². The number of hydrogen-bond acceptors (Lipinski definition) is 2. The fourth-order valence-electron chi connectivity index (χ4n) is 1.24. The van der Waals surface area contributed by atoms with Gasteiger partial charge in [0.2, 0.25) is 0 Å². The van der Waals surface area contributed by atoms with E-state index >= 15 is 0 Å². The normalized spacial score (nSPS) is 10.1. The van der Waals surface area contributed by atoms with E-state index in [0.29, 0.717) is 0 Å². The lowest BCUT2D eigenvalue weighted by Crippen LogP contribution is -1.90. The summed E-state index contributed by atoms with van der Waals surface area (Å²) in [5, 5.41) is 0. The Labute approximate surface area is 110 Å². The van der Waals surface area contributed by atoms with E-state index in [0.717, 1.165) is 0 Å². The summed E-state index contributed by atoms with van der Waals surface area (Å²) in [4.78, 5) is 2.40. The molecule has 0 saturated heterocycles. The second-order valence-corrected chi connectivity index (χ2v) is 6.75. The van der Waals surface area contributed by atoms with Crippen molar-refractivity contribution in [2.75, 3.05) is 0 Å². The van der Waals surface area contributed by atoms with Crippen LogP contribution >= 0.6 is 34.7 Å². The average Bonchev–Trinajstić information content (AvgIpc) is 2.31. The van der Waals surface area contributed by atoms with Crippen molar-refractivity contribution < 1.29 is 0 Å². The van der Waals surface area contributed by atoms with Gasteiger partial charge in [-0.2, -0.15) is 11.5 Å². The van der Waals surface area contributed by atoms with Gasteiger partial charge in [0.05, 0.1) is 0 Å². The zero-order chi connectivity index (χ0) is 11.2. The predicted octanol–water partition coefficient (Wildman–Crippen LogP) is 4.79. The summed E-state index contributed by atoms with van der Waals surface area (Å²) >= 11 is 9.61. The highest BCUT2D eigenvalue weighted by Gasteiger charge is 2.13. The molecule has 0 unspecified atom stereocenters.